The number of likely N-dealkylation sites (tertiary alicyclic amines) is 1. The average molecular weight is 434 g/mol. The van der Waals surface area contributed by atoms with Crippen molar-refractivity contribution in [3.05, 3.63) is 58.5 Å². The monoisotopic (exact) mass is 433 g/mol. The van der Waals surface area contributed by atoms with E-state index in [2.05, 4.69) is 29.2 Å². The molecule has 0 bridgehead atoms. The summed E-state index contributed by atoms with van der Waals surface area (Å²) in [7, 11) is 3.84. The van der Waals surface area contributed by atoms with Crippen LogP contribution in [0, 0.1) is 20.8 Å². The summed E-state index contributed by atoms with van der Waals surface area (Å²) in [5, 5.41) is 4.13. The molecular weight excluding hydrogens is 402 g/mol. The summed E-state index contributed by atoms with van der Waals surface area (Å²) in [6.07, 6.45) is 5.11. The van der Waals surface area contributed by atoms with Gasteiger partial charge in [-0.05, 0) is 45.6 Å². The number of benzene rings is 1. The molecule has 2 aromatic heterocycles. The highest BCUT2D eigenvalue weighted by molar-refractivity contribution is 5.80. The van der Waals surface area contributed by atoms with E-state index in [0.717, 1.165) is 53.9 Å². The van der Waals surface area contributed by atoms with Crippen molar-refractivity contribution in [2.45, 2.75) is 52.5 Å². The summed E-state index contributed by atoms with van der Waals surface area (Å²) in [6.45, 7) is 6.70. The quantitative estimate of drug-likeness (QED) is 0.593. The van der Waals surface area contributed by atoms with Gasteiger partial charge in [-0.3, -0.25) is 4.79 Å². The topological polar surface area (TPSA) is 75.4 Å². The van der Waals surface area contributed by atoms with Crippen molar-refractivity contribution in [2.24, 2.45) is 0 Å². The first kappa shape index (κ1) is 22.0. The minimum Gasteiger partial charge on any atom is -0.356 e. The van der Waals surface area contributed by atoms with Gasteiger partial charge in [0.25, 0.3) is 0 Å². The minimum atomic E-state index is -0.122. The summed E-state index contributed by atoms with van der Waals surface area (Å²) in [4.78, 5) is 26.7. The van der Waals surface area contributed by atoms with Crippen LogP contribution in [-0.4, -0.2) is 46.6 Å². The molecule has 1 fully saturated rings. The molecule has 0 N–H and O–H groups in total. The highest BCUT2D eigenvalue weighted by Crippen LogP contribution is 2.38. The second-order valence-electron chi connectivity index (χ2n) is 8.85. The zero-order valence-electron chi connectivity index (χ0n) is 19.6. The van der Waals surface area contributed by atoms with Gasteiger partial charge in [-0.1, -0.05) is 35.0 Å². The maximum Gasteiger partial charge on any atom is 0.227 e. The summed E-state index contributed by atoms with van der Waals surface area (Å²) in [6, 6.07) is 8.05. The number of hydrogen-bond donors (Lipinski definition) is 0. The summed E-state index contributed by atoms with van der Waals surface area (Å²) in [5.74, 6) is 1.42. The average Bonchev–Trinajstić information content (AvgIpc) is 3.13. The first-order valence-corrected chi connectivity index (χ1v) is 11.2. The van der Waals surface area contributed by atoms with Crippen LogP contribution in [0.5, 0.6) is 0 Å². The molecule has 1 aliphatic heterocycles. The molecule has 7 nitrogen and oxygen atoms in total. The Hall–Kier alpha value is -3.22. The molecule has 0 spiro atoms. The van der Waals surface area contributed by atoms with Gasteiger partial charge in [-0.2, -0.15) is 0 Å². The minimum absolute atomic E-state index is 0.122. The molecule has 1 atom stereocenters. The van der Waals surface area contributed by atoms with E-state index in [4.69, 9.17) is 9.51 Å². The van der Waals surface area contributed by atoms with E-state index in [1.54, 1.807) is 0 Å². The smallest absolute Gasteiger partial charge is 0.227 e. The van der Waals surface area contributed by atoms with Crippen molar-refractivity contribution in [2.75, 3.05) is 25.5 Å². The molecule has 1 amide bonds. The zero-order chi connectivity index (χ0) is 22.8. The van der Waals surface area contributed by atoms with Gasteiger partial charge in [-0.25, -0.2) is 9.97 Å². The van der Waals surface area contributed by atoms with Crippen LogP contribution < -0.4 is 4.90 Å². The van der Waals surface area contributed by atoms with Crippen molar-refractivity contribution in [3.63, 3.8) is 0 Å². The van der Waals surface area contributed by atoms with Crippen molar-refractivity contribution in [1.29, 1.82) is 0 Å². The molecule has 7 heteroatoms. The van der Waals surface area contributed by atoms with Gasteiger partial charge in [-0.15, -0.1) is 0 Å². The molecule has 1 aliphatic rings. The Labute approximate surface area is 189 Å². The fraction of sp³-hybridized carbons (Fsp3) is 0.440. The lowest BCUT2D eigenvalue weighted by atomic mass is 9.94. The molecule has 1 aromatic carbocycles. The Balaban J connectivity index is 1.73. The zero-order valence-corrected chi connectivity index (χ0v) is 19.6. The maximum absolute atomic E-state index is 13.4. The highest BCUT2D eigenvalue weighted by Gasteiger charge is 2.33. The number of anilines is 1. The van der Waals surface area contributed by atoms with Crippen LogP contribution in [0.15, 0.2) is 35.0 Å². The lowest BCUT2D eigenvalue weighted by molar-refractivity contribution is -0.134. The van der Waals surface area contributed by atoms with Crippen molar-refractivity contribution >= 4 is 11.9 Å². The first-order chi connectivity index (χ1) is 15.3. The number of carbonyl (C=O) groups is 1. The predicted octanol–water partition coefficient (Wildman–Crippen LogP) is 4.42. The largest absolute Gasteiger partial charge is 0.356 e. The molecule has 32 heavy (non-hydrogen) atoms. The number of aromatic nitrogens is 3. The Morgan fingerprint density at radius 1 is 1.16 bits per heavy atom. The number of aryl methyl sites for hydroxylation is 2. The fourth-order valence-electron chi connectivity index (χ4n) is 4.19. The Morgan fingerprint density at radius 2 is 1.91 bits per heavy atom. The van der Waals surface area contributed by atoms with E-state index in [0.29, 0.717) is 18.1 Å². The normalized spacial score (nSPS) is 16.3. The lowest BCUT2D eigenvalue weighted by Gasteiger charge is -2.36. The first-order valence-electron chi connectivity index (χ1n) is 11.2. The van der Waals surface area contributed by atoms with Gasteiger partial charge in [0.2, 0.25) is 11.9 Å². The Bertz CT molecular complexity index is 1100. The fourth-order valence-corrected chi connectivity index (χ4v) is 4.19. The second kappa shape index (κ2) is 9.10. The van der Waals surface area contributed by atoms with Gasteiger partial charge < -0.3 is 14.3 Å². The van der Waals surface area contributed by atoms with Crippen molar-refractivity contribution < 1.29 is 9.32 Å². The molecule has 0 aliphatic carbocycles. The molecule has 3 heterocycles. The number of amides is 1. The molecule has 4 rings (SSSR count). The van der Waals surface area contributed by atoms with Gasteiger partial charge in [0.05, 0.1) is 29.4 Å². The van der Waals surface area contributed by atoms with Gasteiger partial charge >= 0.3 is 0 Å². The van der Waals surface area contributed by atoms with Crippen molar-refractivity contribution in [3.8, 4) is 11.3 Å². The van der Waals surface area contributed by atoms with Crippen LogP contribution in [0.2, 0.25) is 0 Å². The third-order valence-electron chi connectivity index (χ3n) is 6.22. The third kappa shape index (κ3) is 4.38. The molecule has 168 valence electrons. The lowest BCUT2D eigenvalue weighted by Crippen LogP contribution is -2.40. The SMILES string of the molecule is Cc1ccc(CC(=O)N2CCCCC2c2nc(N(C)C)ncc2-c2onc(C)c2C)cc1. The van der Waals surface area contributed by atoms with E-state index < -0.39 is 0 Å². The Kier molecular flexibility index (Phi) is 6.26. The summed E-state index contributed by atoms with van der Waals surface area (Å²) in [5.41, 5.74) is 5.69. The van der Waals surface area contributed by atoms with Crippen LogP contribution in [-0.2, 0) is 11.2 Å². The van der Waals surface area contributed by atoms with Gasteiger partial charge in [0.1, 0.15) is 0 Å². The molecule has 0 saturated carbocycles. The Morgan fingerprint density at radius 3 is 2.56 bits per heavy atom. The number of hydrogen-bond acceptors (Lipinski definition) is 6. The molecule has 1 unspecified atom stereocenters. The number of piperidine rings is 1. The summed E-state index contributed by atoms with van der Waals surface area (Å²) >= 11 is 0. The van der Waals surface area contributed by atoms with Gasteiger partial charge in [0, 0.05) is 32.4 Å². The second-order valence-corrected chi connectivity index (χ2v) is 8.85. The van der Waals surface area contributed by atoms with Gasteiger partial charge in [0.15, 0.2) is 5.76 Å². The van der Waals surface area contributed by atoms with Crippen molar-refractivity contribution in [1.82, 2.24) is 20.0 Å². The van der Waals surface area contributed by atoms with Crippen LogP contribution in [0.3, 0.4) is 0 Å². The highest BCUT2D eigenvalue weighted by atomic mass is 16.5. The van der Waals surface area contributed by atoms with E-state index in [-0.39, 0.29) is 11.9 Å². The molecule has 1 saturated heterocycles. The standard InChI is InChI=1S/C25H31N5O2/c1-16-9-11-19(12-10-16)14-22(31)30-13-7-6-8-21(30)23-20(15-26-25(27-23)29(4)5)24-17(2)18(3)28-32-24/h9-12,15,21H,6-8,13-14H2,1-5H3. The summed E-state index contributed by atoms with van der Waals surface area (Å²) < 4.78 is 5.67. The number of nitrogens with zero attached hydrogens (tertiary/aromatic N) is 5. The van der Waals surface area contributed by atoms with Crippen LogP contribution in [0.25, 0.3) is 11.3 Å². The van der Waals surface area contributed by atoms with E-state index in [1.807, 2.05) is 56.1 Å². The predicted molar refractivity (Wildman–Crippen MR) is 125 cm³/mol. The van der Waals surface area contributed by atoms with Crippen LogP contribution >= 0.6 is 0 Å². The number of carbonyl (C=O) groups excluding carboxylic acids is 1. The number of rotatable bonds is 5. The van der Waals surface area contributed by atoms with E-state index >= 15 is 0 Å². The van der Waals surface area contributed by atoms with Crippen LogP contribution in [0.4, 0.5) is 5.95 Å². The van der Waals surface area contributed by atoms with E-state index in [1.165, 1.54) is 5.56 Å². The third-order valence-corrected chi connectivity index (χ3v) is 6.22. The molecular formula is C25H31N5O2. The molecule has 3 aromatic rings. The maximum atomic E-state index is 13.4. The van der Waals surface area contributed by atoms with Crippen LogP contribution in [0.1, 0.15) is 53.4 Å². The molecule has 0 radical (unpaired) electrons. The van der Waals surface area contributed by atoms with E-state index in [9.17, 15) is 4.79 Å².